The highest BCUT2D eigenvalue weighted by atomic mass is 35.5. The van der Waals surface area contributed by atoms with Gasteiger partial charge in [0.15, 0.2) is 11.5 Å². The van der Waals surface area contributed by atoms with Crippen LogP contribution in [0.3, 0.4) is 0 Å². The number of hydrogen-bond acceptors (Lipinski definition) is 4. The zero-order valence-corrected chi connectivity index (χ0v) is 18.8. The van der Waals surface area contributed by atoms with Crippen molar-refractivity contribution in [2.24, 2.45) is 0 Å². The maximum Gasteiger partial charge on any atom is 0.307 e. The maximum absolute atomic E-state index is 10.9. The summed E-state index contributed by atoms with van der Waals surface area (Å²) in [4.78, 5) is 10.9. The fourth-order valence-electron chi connectivity index (χ4n) is 3.33. The number of carboxylic acid groups (broad SMARTS) is 1. The van der Waals surface area contributed by atoms with Crippen molar-refractivity contribution < 1.29 is 24.9 Å². The van der Waals surface area contributed by atoms with E-state index in [2.05, 4.69) is 0 Å². The molecule has 164 valence electrons. The van der Waals surface area contributed by atoms with Gasteiger partial charge in [0.1, 0.15) is 10.8 Å². The molecule has 0 fully saturated rings. The third kappa shape index (κ3) is 5.67. The lowest BCUT2D eigenvalue weighted by Crippen LogP contribution is -2.00. The molecule has 0 atom stereocenters. The monoisotopic (exact) mass is 482 g/mol. The van der Waals surface area contributed by atoms with E-state index in [1.165, 1.54) is 0 Å². The topological polar surface area (TPSA) is 87.0 Å². The number of fused-ring (bicyclic) bond motifs is 1. The third-order valence-corrected chi connectivity index (χ3v) is 6.30. The van der Waals surface area contributed by atoms with Crippen LogP contribution in [-0.2, 0) is 17.6 Å². The van der Waals surface area contributed by atoms with Crippen molar-refractivity contribution in [1.82, 2.24) is 0 Å². The summed E-state index contributed by atoms with van der Waals surface area (Å²) in [5, 5.41) is 30.8. The smallest absolute Gasteiger partial charge is 0.307 e. The molecule has 0 heterocycles. The van der Waals surface area contributed by atoms with Crippen molar-refractivity contribution in [3.63, 3.8) is 0 Å². The van der Waals surface area contributed by atoms with Gasteiger partial charge >= 0.3 is 5.97 Å². The van der Waals surface area contributed by atoms with Gasteiger partial charge in [0.2, 0.25) is 0 Å². The Morgan fingerprint density at radius 3 is 2.32 bits per heavy atom. The highest BCUT2D eigenvalue weighted by Crippen LogP contribution is 2.46. The Morgan fingerprint density at radius 2 is 1.58 bits per heavy atom. The number of hydrogen-bond donors (Lipinski definition) is 3. The van der Waals surface area contributed by atoms with E-state index >= 15 is 0 Å². The van der Waals surface area contributed by atoms with Crippen LogP contribution in [0.15, 0.2) is 36.4 Å². The molecule has 0 bridgehead atoms. The highest BCUT2D eigenvalue weighted by molar-refractivity contribution is 6.49. The second kappa shape index (κ2) is 10.3. The number of phenols is 2. The second-order valence-corrected chi connectivity index (χ2v) is 8.32. The first-order valence-corrected chi connectivity index (χ1v) is 10.9. The first-order chi connectivity index (χ1) is 14.8. The summed E-state index contributed by atoms with van der Waals surface area (Å²) in [6, 6.07) is 11.3. The van der Waals surface area contributed by atoms with Crippen molar-refractivity contribution in [3.05, 3.63) is 62.6 Å². The number of benzene rings is 3. The molecule has 3 aromatic rings. The van der Waals surface area contributed by atoms with E-state index in [4.69, 9.17) is 44.6 Å². The summed E-state index contributed by atoms with van der Waals surface area (Å²) < 4.78 is 5.82. The molecule has 8 heteroatoms. The quantitative estimate of drug-likeness (QED) is 0.181. The summed E-state index contributed by atoms with van der Waals surface area (Å²) in [6.45, 7) is 0.507. The van der Waals surface area contributed by atoms with Crippen LogP contribution in [0.25, 0.3) is 10.8 Å². The number of aromatic hydroxyl groups is 2. The molecule has 0 aliphatic carbocycles. The molecule has 0 radical (unpaired) electrons. The molecule has 0 aromatic heterocycles. The Labute approximate surface area is 194 Å². The second-order valence-electron chi connectivity index (χ2n) is 7.19. The van der Waals surface area contributed by atoms with Gasteiger partial charge in [-0.15, -0.1) is 0 Å². The van der Waals surface area contributed by atoms with Gasteiger partial charge < -0.3 is 20.1 Å². The lowest BCUT2D eigenvalue weighted by Gasteiger charge is -2.12. The van der Waals surface area contributed by atoms with E-state index in [0.29, 0.717) is 25.0 Å². The van der Waals surface area contributed by atoms with Gasteiger partial charge in [0.25, 0.3) is 0 Å². The zero-order chi connectivity index (χ0) is 22.5. The number of halogens is 3. The largest absolute Gasteiger partial charge is 0.504 e. The van der Waals surface area contributed by atoms with Gasteiger partial charge in [-0.05, 0) is 54.2 Å². The van der Waals surface area contributed by atoms with Crippen LogP contribution < -0.4 is 4.74 Å². The molecule has 0 amide bonds. The number of aliphatic carboxylic acids is 1. The first kappa shape index (κ1) is 23.3. The molecule has 31 heavy (non-hydrogen) atoms. The molecule has 0 unspecified atom stereocenters. The lowest BCUT2D eigenvalue weighted by molar-refractivity contribution is -0.136. The van der Waals surface area contributed by atoms with Crippen molar-refractivity contribution >= 4 is 51.5 Å². The van der Waals surface area contributed by atoms with Crippen LogP contribution in [0.5, 0.6) is 17.2 Å². The Balaban J connectivity index is 1.51. The molecule has 3 rings (SSSR count). The summed E-state index contributed by atoms with van der Waals surface area (Å²) in [5.41, 5.74) is 1.12. The van der Waals surface area contributed by atoms with Crippen molar-refractivity contribution in [1.29, 1.82) is 0 Å². The van der Waals surface area contributed by atoms with Crippen LogP contribution in [0.2, 0.25) is 15.1 Å². The van der Waals surface area contributed by atoms with E-state index in [0.717, 1.165) is 34.9 Å². The number of carbonyl (C=O) groups is 1. The predicted molar refractivity (Wildman–Crippen MR) is 123 cm³/mol. The van der Waals surface area contributed by atoms with Gasteiger partial charge in [-0.2, -0.15) is 0 Å². The lowest BCUT2D eigenvalue weighted by atomic mass is 10.0. The van der Waals surface area contributed by atoms with E-state index in [1.54, 1.807) is 0 Å². The first-order valence-electron chi connectivity index (χ1n) is 9.72. The summed E-state index contributed by atoms with van der Waals surface area (Å²) in [7, 11) is 0. The number of phenolic OH excluding ortho intramolecular Hbond substituents is 2. The average molecular weight is 484 g/mol. The number of unbranched alkanes of at least 4 members (excludes halogenated alkanes) is 2. The Hall–Kier alpha value is -2.34. The minimum Gasteiger partial charge on any atom is -0.504 e. The van der Waals surface area contributed by atoms with Crippen LogP contribution >= 0.6 is 34.8 Å². The third-order valence-electron chi connectivity index (χ3n) is 4.94. The minimum atomic E-state index is -0.863. The SMILES string of the molecule is O=C(O)Cc1ccc2ccc(OCCCCCc3c(O)c(O)c(Cl)c(Cl)c3Cl)cc2c1. The predicted octanol–water partition coefficient (Wildman–Crippen LogP) is 6.63. The minimum absolute atomic E-state index is 0.0167. The van der Waals surface area contributed by atoms with Crippen molar-refractivity contribution in [3.8, 4) is 17.2 Å². The summed E-state index contributed by atoms with van der Waals surface area (Å²) >= 11 is 17.9. The molecule has 0 spiro atoms. The molecule has 0 aliphatic rings. The van der Waals surface area contributed by atoms with E-state index in [1.807, 2.05) is 36.4 Å². The van der Waals surface area contributed by atoms with Crippen LogP contribution in [-0.4, -0.2) is 27.9 Å². The molecule has 3 N–H and O–H groups in total. The standard InChI is InChI=1S/C23H21Cl3O5/c24-19-17(22(29)23(30)21(26)20(19)25)4-2-1-3-9-31-16-8-7-14-6-5-13(11-18(27)28)10-15(14)12-16/h5-8,10,12,29-30H,1-4,9,11H2,(H,27,28). The summed E-state index contributed by atoms with van der Waals surface area (Å²) in [5.74, 6) is -0.946. The number of carboxylic acids is 1. The van der Waals surface area contributed by atoms with Crippen molar-refractivity contribution in [2.75, 3.05) is 6.61 Å². The van der Waals surface area contributed by atoms with E-state index in [-0.39, 0.29) is 27.2 Å². The molecule has 0 saturated carbocycles. The molecular formula is C23H21Cl3O5. The Bertz CT molecular complexity index is 1090. The normalized spacial score (nSPS) is 11.1. The Kier molecular flexibility index (Phi) is 7.76. The Morgan fingerprint density at radius 1 is 0.839 bits per heavy atom. The van der Waals surface area contributed by atoms with Gasteiger partial charge in [-0.1, -0.05) is 59.1 Å². The van der Waals surface area contributed by atoms with Gasteiger partial charge in [0, 0.05) is 5.56 Å². The number of rotatable bonds is 9. The molecule has 0 aliphatic heterocycles. The van der Waals surface area contributed by atoms with Crippen LogP contribution in [0.4, 0.5) is 0 Å². The van der Waals surface area contributed by atoms with E-state index in [9.17, 15) is 15.0 Å². The number of ether oxygens (including phenoxy) is 1. The van der Waals surface area contributed by atoms with Crippen molar-refractivity contribution in [2.45, 2.75) is 32.1 Å². The molecular weight excluding hydrogens is 463 g/mol. The van der Waals surface area contributed by atoms with Gasteiger partial charge in [-0.3, -0.25) is 4.79 Å². The average Bonchev–Trinajstić information content (AvgIpc) is 2.74. The zero-order valence-electron chi connectivity index (χ0n) is 16.5. The fourth-order valence-corrected chi connectivity index (χ4v) is 4.05. The molecule has 3 aromatic carbocycles. The summed E-state index contributed by atoms with van der Waals surface area (Å²) in [6.07, 6.45) is 2.73. The van der Waals surface area contributed by atoms with E-state index < -0.39 is 11.7 Å². The van der Waals surface area contributed by atoms with Gasteiger partial charge in [-0.25, -0.2) is 0 Å². The molecule has 5 nitrogen and oxygen atoms in total. The fraction of sp³-hybridized carbons (Fsp3) is 0.261. The molecule has 0 saturated heterocycles. The van der Waals surface area contributed by atoms with Crippen LogP contribution in [0, 0.1) is 0 Å². The van der Waals surface area contributed by atoms with Gasteiger partial charge in [0.05, 0.1) is 23.1 Å². The van der Waals surface area contributed by atoms with Crippen LogP contribution in [0.1, 0.15) is 30.4 Å². The maximum atomic E-state index is 10.9. The highest BCUT2D eigenvalue weighted by Gasteiger charge is 2.20.